The van der Waals surface area contributed by atoms with Gasteiger partial charge in [-0.2, -0.15) is 11.4 Å². The van der Waals surface area contributed by atoms with Crippen LogP contribution in [0.15, 0.2) is 47.3 Å². The minimum atomic E-state index is -1.18. The van der Waals surface area contributed by atoms with Crippen LogP contribution in [0.1, 0.15) is 164 Å². The Kier molecular flexibility index (Phi) is 18.5. The summed E-state index contributed by atoms with van der Waals surface area (Å²) in [5.41, 5.74) is 10.1. The van der Waals surface area contributed by atoms with E-state index in [0.29, 0.717) is 46.2 Å². The predicted octanol–water partition coefficient (Wildman–Crippen LogP) is 10.7. The summed E-state index contributed by atoms with van der Waals surface area (Å²) < 4.78 is 11.1. The van der Waals surface area contributed by atoms with Crippen LogP contribution < -0.4 is 20.7 Å². The molecule has 9 nitrogen and oxygen atoms in total. The monoisotopic (exact) mass is 895 g/mol. The van der Waals surface area contributed by atoms with Gasteiger partial charge in [-0.05, 0) is 87.7 Å². The molecule has 2 aromatic rings. The third-order valence-electron chi connectivity index (χ3n) is 14.6. The summed E-state index contributed by atoms with van der Waals surface area (Å²) in [4.78, 5) is 51.7. The second-order valence-corrected chi connectivity index (χ2v) is 19.8. The van der Waals surface area contributed by atoms with Crippen LogP contribution in [0.3, 0.4) is 0 Å². The number of esters is 2. The minimum absolute atomic E-state index is 0. The van der Waals surface area contributed by atoms with Crippen molar-refractivity contribution in [3.8, 4) is 0 Å². The van der Waals surface area contributed by atoms with Crippen LogP contribution in [0, 0.1) is 49.4 Å². The van der Waals surface area contributed by atoms with E-state index in [0.717, 1.165) is 76.2 Å². The SMILES string of the molecule is C=Cc1c2[n-]c(c1C)/C=C1\[N-]C(C3=c4[n-]/c(c(C)c4C(=O)[C@@H]3C(=O)OC)=C\C3=C(CC)C(=C)C(C2)[N-]3)[C@@H](CCC(=O)OC/C=C(\C)CCC[C@H](C)CCC[C@H](C)CCCC(C)C)[C@@H]1C.[Mg+2]. The topological polar surface area (TPSA) is 126 Å². The fourth-order valence-electron chi connectivity index (χ4n) is 10.5. The van der Waals surface area contributed by atoms with Gasteiger partial charge in [-0.1, -0.05) is 170 Å². The molecule has 4 aliphatic rings. The van der Waals surface area contributed by atoms with Crippen LogP contribution >= 0.6 is 0 Å². The molecule has 2 unspecified atom stereocenters. The molecule has 10 heteroatoms. The van der Waals surface area contributed by atoms with Gasteiger partial charge in [0, 0.05) is 12.0 Å². The number of methoxy groups -OCH3 is 1. The number of hydrogen-bond donors (Lipinski definition) is 0. The summed E-state index contributed by atoms with van der Waals surface area (Å²) in [6.07, 6.45) is 21.1. The van der Waals surface area contributed by atoms with Crippen LogP contribution in [0.4, 0.5) is 0 Å². The number of aromatic nitrogens is 2. The van der Waals surface area contributed by atoms with E-state index in [1.807, 2.05) is 38.2 Å². The maximum absolute atomic E-state index is 14.4. The molecule has 3 aliphatic heterocycles. The number of hydrogen-bond acceptors (Lipinski definition) is 5. The quantitative estimate of drug-likeness (QED) is 0.0561. The predicted molar refractivity (Wildman–Crippen MR) is 266 cm³/mol. The molecule has 6 rings (SSSR count). The molecule has 0 radical (unpaired) electrons. The zero-order valence-electron chi connectivity index (χ0n) is 41.3. The van der Waals surface area contributed by atoms with E-state index in [2.05, 4.69) is 61.6 Å². The van der Waals surface area contributed by atoms with Gasteiger partial charge >= 0.3 is 35.0 Å². The Hall–Kier alpha value is -4.02. The van der Waals surface area contributed by atoms with E-state index in [9.17, 15) is 14.4 Å². The summed E-state index contributed by atoms with van der Waals surface area (Å²) in [5, 5.41) is 11.6. The number of rotatable bonds is 20. The van der Waals surface area contributed by atoms with Crippen molar-refractivity contribution < 1.29 is 23.9 Å². The van der Waals surface area contributed by atoms with E-state index in [1.54, 1.807) is 0 Å². The van der Waals surface area contributed by atoms with Gasteiger partial charge < -0.3 is 30.1 Å². The molecule has 0 saturated carbocycles. The van der Waals surface area contributed by atoms with Crippen LogP contribution in [-0.2, 0) is 25.5 Å². The Morgan fingerprint density at radius 2 is 1.62 bits per heavy atom. The summed E-state index contributed by atoms with van der Waals surface area (Å²) in [6.45, 7) is 28.5. The molecule has 1 saturated heterocycles. The van der Waals surface area contributed by atoms with E-state index >= 15 is 0 Å². The third kappa shape index (κ3) is 11.8. The summed E-state index contributed by atoms with van der Waals surface area (Å²) in [6, 6.07) is -0.813. The van der Waals surface area contributed by atoms with Crippen LogP contribution in [0.25, 0.3) is 34.4 Å². The molecule has 0 N–H and O–H groups in total. The minimum Gasteiger partial charge on any atom is -0.681 e. The first-order valence-electron chi connectivity index (χ1n) is 24.2. The van der Waals surface area contributed by atoms with E-state index in [-0.39, 0.29) is 65.7 Å². The first kappa shape index (κ1) is 52.0. The molecule has 0 spiro atoms. The number of fused-ring (bicyclic) bond motifs is 8. The molecule has 5 heterocycles. The Morgan fingerprint density at radius 3 is 2.26 bits per heavy atom. The Labute approximate surface area is 405 Å². The van der Waals surface area contributed by atoms with Crippen molar-refractivity contribution in [2.75, 3.05) is 13.7 Å². The second kappa shape index (κ2) is 23.1. The number of carbonyl (C=O) groups is 3. The molecule has 2 aromatic heterocycles. The first-order chi connectivity index (χ1) is 30.6. The van der Waals surface area contributed by atoms with Gasteiger partial charge in [0.05, 0.1) is 7.11 Å². The molecule has 7 atom stereocenters. The third-order valence-corrected chi connectivity index (χ3v) is 14.6. The number of ether oxygens (including phenoxy) is 2. The summed E-state index contributed by atoms with van der Waals surface area (Å²) in [7, 11) is 1.30. The number of ketones is 1. The van der Waals surface area contributed by atoms with Crippen molar-refractivity contribution in [3.05, 3.63) is 102 Å². The maximum Gasteiger partial charge on any atom is 2.00 e. The molecule has 8 bridgehead atoms. The van der Waals surface area contributed by atoms with Gasteiger partial charge in [-0.25, -0.2) is 0 Å². The van der Waals surface area contributed by atoms with Crippen molar-refractivity contribution in [1.29, 1.82) is 0 Å². The maximum atomic E-state index is 14.4. The smallest absolute Gasteiger partial charge is 0.681 e. The van der Waals surface area contributed by atoms with Gasteiger partial charge in [0.2, 0.25) is 0 Å². The molecule has 65 heavy (non-hydrogen) atoms. The largest absolute Gasteiger partial charge is 2.00 e. The van der Waals surface area contributed by atoms with Crippen molar-refractivity contribution in [2.24, 2.45) is 35.5 Å². The van der Waals surface area contributed by atoms with Crippen LogP contribution in [0.2, 0.25) is 0 Å². The average molecular weight is 896 g/mol. The Morgan fingerprint density at radius 1 is 0.938 bits per heavy atom. The summed E-state index contributed by atoms with van der Waals surface area (Å²) >= 11 is 0. The van der Waals surface area contributed by atoms with Gasteiger partial charge in [-0.15, -0.1) is 22.1 Å². The Balaban J connectivity index is 0.00000793. The fraction of sp³-hybridized carbons (Fsp3) is 0.582. The van der Waals surface area contributed by atoms with Crippen molar-refractivity contribution in [3.63, 3.8) is 0 Å². The average Bonchev–Trinajstić information content (AvgIpc) is 3.99. The standard InChI is InChI=1S/C55H74N4O5.Mg/c1-13-39-35(8)42-28-44-37(10)41(24-25-48(60)64-27-26-34(7)23-17-22-33(6)21-16-20-32(5)19-15-18-31(3)4)52(58-44)50-51(55(62)63-12)54(61)49-38(11)45(59-53(49)50)30-47-40(14-2)36(9)43(57-47)29-46(39)56-42;/h13,26,28,30-33,37,41,43,51-52H,1,9,14-25,27,29H2,2-8,10-12H3;/q-4;+2/b34-26+,44-28-,45-30-;/t32-,33-,37+,41+,43?,51-,52?;/m1./s1. The summed E-state index contributed by atoms with van der Waals surface area (Å²) in [5.74, 6) is -0.487. The molecule has 348 valence electrons. The van der Waals surface area contributed by atoms with Crippen molar-refractivity contribution in [2.45, 2.75) is 158 Å². The van der Waals surface area contributed by atoms with Crippen molar-refractivity contribution in [1.82, 2.24) is 9.97 Å². The fourth-order valence-corrected chi connectivity index (χ4v) is 10.5. The first-order valence-corrected chi connectivity index (χ1v) is 24.2. The van der Waals surface area contributed by atoms with Crippen molar-refractivity contribution >= 4 is 64.6 Å². The molecular formula is C55H74MgN4O5-2. The zero-order chi connectivity index (χ0) is 46.4. The molecule has 0 amide bonds. The second-order valence-electron chi connectivity index (χ2n) is 19.8. The molecule has 1 aliphatic carbocycles. The van der Waals surface area contributed by atoms with Gasteiger partial charge in [0.1, 0.15) is 12.5 Å². The number of carbonyl (C=O) groups excluding carboxylic acids is 3. The Bertz CT molecular complexity index is 2320. The van der Waals surface area contributed by atoms with Gasteiger partial charge in [0.15, 0.2) is 5.78 Å². The number of allylic oxidation sites excluding steroid dienone is 3. The normalized spacial score (nSPS) is 23.6. The zero-order valence-corrected chi connectivity index (χ0v) is 42.7. The number of Topliss-reactive ketones (excluding diaryl/α,β-unsaturated/α-hetero) is 1. The number of nitrogens with zero attached hydrogens (tertiary/aromatic N) is 4. The van der Waals surface area contributed by atoms with Crippen LogP contribution in [0.5, 0.6) is 0 Å². The van der Waals surface area contributed by atoms with E-state index < -0.39 is 17.9 Å². The van der Waals surface area contributed by atoms with E-state index in [1.165, 1.54) is 57.6 Å². The molecule has 1 fully saturated rings. The molecular weight excluding hydrogens is 821 g/mol. The van der Waals surface area contributed by atoms with Crippen LogP contribution in [-0.4, -0.2) is 66.6 Å². The van der Waals surface area contributed by atoms with E-state index in [4.69, 9.17) is 30.1 Å². The van der Waals surface area contributed by atoms with Gasteiger partial charge in [0.25, 0.3) is 0 Å². The van der Waals surface area contributed by atoms with Gasteiger partial charge in [-0.3, -0.25) is 14.4 Å². The molecule has 0 aromatic carbocycles.